The highest BCUT2D eigenvalue weighted by Gasteiger charge is 2.50. The third kappa shape index (κ3) is 4.11. The van der Waals surface area contributed by atoms with Gasteiger partial charge in [-0.05, 0) is 50.2 Å². The average Bonchev–Trinajstić information content (AvgIpc) is 2.85. The Kier molecular flexibility index (Phi) is 5.64. The highest BCUT2D eigenvalue weighted by atomic mass is 35.5. The predicted octanol–water partition coefficient (Wildman–Crippen LogP) is 3.60. The fraction of sp³-hybridized carbons (Fsp3) is 0.200. The van der Waals surface area contributed by atoms with Crippen LogP contribution in [0.25, 0.3) is 0 Å². The average molecular weight is 434 g/mol. The molecule has 1 atom stereocenters. The van der Waals surface area contributed by atoms with Gasteiger partial charge in [-0.2, -0.15) is 0 Å². The molecule has 2 aromatic carbocycles. The van der Waals surface area contributed by atoms with E-state index in [0.29, 0.717) is 21.8 Å². The van der Waals surface area contributed by atoms with Crippen LogP contribution in [0.4, 0.5) is 10.5 Å². The number of Topliss-reactive ketones (excluding diaryl/α,β-unsaturated/α-hetero) is 1. The van der Waals surface area contributed by atoms with Crippen LogP contribution in [0.1, 0.15) is 29.8 Å². The van der Waals surface area contributed by atoms with Gasteiger partial charge in [0.05, 0.1) is 0 Å². The number of carbonyl (C=O) groups is 4. The van der Waals surface area contributed by atoms with Gasteiger partial charge in [0.15, 0.2) is 5.78 Å². The molecule has 1 heterocycles. The molecule has 0 bridgehead atoms. The number of hydrogen-bond acceptors (Lipinski definition) is 4. The summed E-state index contributed by atoms with van der Waals surface area (Å²) in [6.07, 6.45) is 0. The topological polar surface area (TPSA) is 95.6 Å². The van der Waals surface area contributed by atoms with Crippen LogP contribution in [0.15, 0.2) is 42.5 Å². The number of nitrogens with one attached hydrogen (secondary N) is 2. The lowest BCUT2D eigenvalue weighted by Gasteiger charge is -2.23. The Labute approximate surface area is 177 Å². The first-order chi connectivity index (χ1) is 13.6. The second kappa shape index (κ2) is 7.85. The summed E-state index contributed by atoms with van der Waals surface area (Å²) in [6, 6.07) is 10.2. The maximum Gasteiger partial charge on any atom is 0.325 e. The summed E-state index contributed by atoms with van der Waals surface area (Å²) in [5, 5.41) is 5.80. The Morgan fingerprint density at radius 1 is 1.10 bits per heavy atom. The molecule has 0 aromatic heterocycles. The molecule has 2 N–H and O–H groups in total. The van der Waals surface area contributed by atoms with Crippen molar-refractivity contribution in [2.75, 3.05) is 11.9 Å². The minimum atomic E-state index is -1.41. The van der Waals surface area contributed by atoms with Crippen molar-refractivity contribution in [1.82, 2.24) is 10.2 Å². The van der Waals surface area contributed by atoms with E-state index in [1.54, 1.807) is 36.4 Å². The molecule has 1 aliphatic heterocycles. The normalized spacial score (nSPS) is 18.6. The molecule has 150 valence electrons. The zero-order valence-electron chi connectivity index (χ0n) is 15.6. The van der Waals surface area contributed by atoms with Crippen LogP contribution in [-0.4, -0.2) is 35.1 Å². The Morgan fingerprint density at radius 2 is 1.76 bits per heavy atom. The van der Waals surface area contributed by atoms with Crippen molar-refractivity contribution < 1.29 is 19.2 Å². The van der Waals surface area contributed by atoms with E-state index >= 15 is 0 Å². The number of amides is 4. The molecule has 4 amide bonds. The Hall–Kier alpha value is -2.90. The van der Waals surface area contributed by atoms with Gasteiger partial charge in [0.1, 0.15) is 12.1 Å². The minimum Gasteiger partial charge on any atom is -0.325 e. The molecule has 7 nitrogen and oxygen atoms in total. The van der Waals surface area contributed by atoms with Crippen molar-refractivity contribution in [3.63, 3.8) is 0 Å². The number of nitrogens with zero attached hydrogens (tertiary/aromatic N) is 1. The van der Waals surface area contributed by atoms with Crippen LogP contribution in [0.3, 0.4) is 0 Å². The van der Waals surface area contributed by atoms with Gasteiger partial charge in [-0.3, -0.25) is 19.3 Å². The van der Waals surface area contributed by atoms with Gasteiger partial charge in [-0.15, -0.1) is 0 Å². The van der Waals surface area contributed by atoms with Gasteiger partial charge >= 0.3 is 6.03 Å². The number of halogens is 2. The molecule has 1 saturated heterocycles. The summed E-state index contributed by atoms with van der Waals surface area (Å²) in [5.74, 6) is -1.26. The van der Waals surface area contributed by atoms with E-state index in [1.165, 1.54) is 19.9 Å². The van der Waals surface area contributed by atoms with Crippen LogP contribution < -0.4 is 10.6 Å². The lowest BCUT2D eigenvalue weighted by atomic mass is 9.92. The van der Waals surface area contributed by atoms with Crippen molar-refractivity contribution in [2.45, 2.75) is 19.4 Å². The third-order valence-corrected chi connectivity index (χ3v) is 5.17. The Balaban J connectivity index is 1.74. The first kappa shape index (κ1) is 20.8. The highest BCUT2D eigenvalue weighted by molar-refractivity contribution is 6.35. The molecule has 0 aliphatic carbocycles. The summed E-state index contributed by atoms with van der Waals surface area (Å²) in [7, 11) is 0. The smallest absolute Gasteiger partial charge is 0.325 e. The molecule has 0 spiro atoms. The van der Waals surface area contributed by atoms with Crippen molar-refractivity contribution in [2.24, 2.45) is 0 Å². The van der Waals surface area contributed by atoms with E-state index in [4.69, 9.17) is 23.2 Å². The molecule has 1 fully saturated rings. The van der Waals surface area contributed by atoms with Crippen molar-refractivity contribution >= 4 is 52.5 Å². The fourth-order valence-electron chi connectivity index (χ4n) is 3.05. The summed E-state index contributed by atoms with van der Waals surface area (Å²) in [4.78, 5) is 49.8. The number of urea groups is 1. The van der Waals surface area contributed by atoms with Gasteiger partial charge in [-0.1, -0.05) is 29.3 Å². The quantitative estimate of drug-likeness (QED) is 0.555. The summed E-state index contributed by atoms with van der Waals surface area (Å²) in [6.45, 7) is 2.48. The monoisotopic (exact) mass is 433 g/mol. The number of carbonyl (C=O) groups excluding carboxylic acids is 4. The lowest BCUT2D eigenvalue weighted by molar-refractivity contribution is -0.133. The van der Waals surface area contributed by atoms with Gasteiger partial charge in [0.2, 0.25) is 5.91 Å². The second-order valence-corrected chi connectivity index (χ2v) is 7.60. The fourth-order valence-corrected chi connectivity index (χ4v) is 3.65. The van der Waals surface area contributed by atoms with Crippen molar-refractivity contribution in [3.8, 4) is 0 Å². The van der Waals surface area contributed by atoms with E-state index < -0.39 is 29.9 Å². The Morgan fingerprint density at radius 3 is 2.34 bits per heavy atom. The number of benzene rings is 2. The third-order valence-electron chi connectivity index (χ3n) is 4.62. The maximum atomic E-state index is 12.9. The summed E-state index contributed by atoms with van der Waals surface area (Å²) in [5.41, 5.74) is -0.0877. The molecule has 2 aromatic rings. The number of anilines is 1. The van der Waals surface area contributed by atoms with Gasteiger partial charge in [0.25, 0.3) is 5.91 Å². The Bertz CT molecular complexity index is 1020. The number of ketones is 1. The molecular formula is C20H17Cl2N3O4. The predicted molar refractivity (Wildman–Crippen MR) is 109 cm³/mol. The first-order valence-electron chi connectivity index (χ1n) is 8.62. The second-order valence-electron chi connectivity index (χ2n) is 6.75. The lowest BCUT2D eigenvalue weighted by Crippen LogP contribution is -2.42. The first-order valence-corrected chi connectivity index (χ1v) is 9.38. The van der Waals surface area contributed by atoms with E-state index in [-0.39, 0.29) is 10.8 Å². The highest BCUT2D eigenvalue weighted by Crippen LogP contribution is 2.34. The van der Waals surface area contributed by atoms with Gasteiger partial charge in [0, 0.05) is 26.9 Å². The van der Waals surface area contributed by atoms with E-state index in [0.717, 1.165) is 4.90 Å². The van der Waals surface area contributed by atoms with Gasteiger partial charge < -0.3 is 10.6 Å². The maximum absolute atomic E-state index is 12.9. The summed E-state index contributed by atoms with van der Waals surface area (Å²) < 4.78 is 0. The van der Waals surface area contributed by atoms with Crippen molar-refractivity contribution in [3.05, 3.63) is 63.6 Å². The van der Waals surface area contributed by atoms with Crippen LogP contribution in [0, 0.1) is 0 Å². The van der Waals surface area contributed by atoms with Gasteiger partial charge in [-0.25, -0.2) is 4.79 Å². The van der Waals surface area contributed by atoms with Crippen LogP contribution in [0.2, 0.25) is 10.0 Å². The molecular weight excluding hydrogens is 417 g/mol. The summed E-state index contributed by atoms with van der Waals surface area (Å²) >= 11 is 12.1. The largest absolute Gasteiger partial charge is 0.325 e. The van der Waals surface area contributed by atoms with E-state index in [9.17, 15) is 19.2 Å². The zero-order chi connectivity index (χ0) is 21.3. The standard InChI is InChI=1S/C20H17Cl2N3O4/c1-11(26)12-3-6-14(7-4-12)23-17(27)10-25-18(28)20(2,24-19(25)29)15-8-5-13(21)9-16(15)22/h3-9H,10H2,1-2H3,(H,23,27)(H,24,29)/t20-/m1/s1. The van der Waals surface area contributed by atoms with E-state index in [1.807, 2.05) is 0 Å². The van der Waals surface area contributed by atoms with Crippen LogP contribution in [0.5, 0.6) is 0 Å². The molecule has 9 heteroatoms. The van der Waals surface area contributed by atoms with Crippen LogP contribution in [-0.2, 0) is 15.1 Å². The van der Waals surface area contributed by atoms with Crippen LogP contribution >= 0.6 is 23.2 Å². The zero-order valence-corrected chi connectivity index (χ0v) is 17.1. The molecule has 1 aliphatic rings. The van der Waals surface area contributed by atoms with Crippen molar-refractivity contribution in [1.29, 1.82) is 0 Å². The molecule has 0 unspecified atom stereocenters. The van der Waals surface area contributed by atoms with E-state index in [2.05, 4.69) is 10.6 Å². The molecule has 0 saturated carbocycles. The SMILES string of the molecule is CC(=O)c1ccc(NC(=O)CN2C(=O)N[C@](C)(c3ccc(Cl)cc3Cl)C2=O)cc1. The minimum absolute atomic E-state index is 0.0950. The number of hydrogen-bond donors (Lipinski definition) is 2. The number of rotatable bonds is 5. The number of imide groups is 1. The molecule has 0 radical (unpaired) electrons. The molecule has 3 rings (SSSR count). The molecule has 29 heavy (non-hydrogen) atoms.